The molecule has 1 nitrogen and oxygen atoms in total. The number of rotatable bonds is 1. The van der Waals surface area contributed by atoms with Crippen LogP contribution >= 0.6 is 0 Å². The van der Waals surface area contributed by atoms with E-state index < -0.39 is 0 Å². The Labute approximate surface area is 99.7 Å². The minimum Gasteiger partial charge on any atom is -0.537 e. The molecular formula is C10H13NY-2. The smallest absolute Gasteiger partial charge is 0 e. The van der Waals surface area contributed by atoms with Crippen molar-refractivity contribution in [3.05, 3.63) is 29.1 Å². The maximum absolute atomic E-state index is 3.21. The molecule has 0 aromatic carbocycles. The molecule has 0 fully saturated rings. The molecule has 1 radical (unpaired) electrons. The molecule has 0 spiro atoms. The first kappa shape index (κ1) is 12.1. The monoisotopic (exact) mass is 236 g/mol. The molecule has 0 atom stereocenters. The first-order chi connectivity index (χ1) is 5.16. The van der Waals surface area contributed by atoms with Gasteiger partial charge in [-0.1, -0.05) is 27.0 Å². The molecule has 12 heavy (non-hydrogen) atoms. The largest absolute Gasteiger partial charge is 0.537 e. The van der Waals surface area contributed by atoms with Crippen LogP contribution in [0.2, 0.25) is 0 Å². The molecule has 1 heterocycles. The van der Waals surface area contributed by atoms with Gasteiger partial charge in [0.1, 0.15) is 0 Å². The molecule has 0 unspecified atom stereocenters. The van der Waals surface area contributed by atoms with E-state index in [0.29, 0.717) is 0 Å². The van der Waals surface area contributed by atoms with Gasteiger partial charge in [-0.05, 0) is 0 Å². The maximum Gasteiger partial charge on any atom is 0 e. The molecule has 0 saturated heterocycles. The van der Waals surface area contributed by atoms with Gasteiger partial charge >= 0.3 is 0 Å². The predicted octanol–water partition coefficient (Wildman–Crippen LogP) is 2.50. The zero-order chi connectivity index (χ0) is 8.43. The van der Waals surface area contributed by atoms with Crippen LogP contribution in [-0.4, -0.2) is 4.57 Å². The third kappa shape index (κ3) is 2.30. The summed E-state index contributed by atoms with van der Waals surface area (Å²) >= 11 is 0. The average Bonchev–Trinajstić information content (AvgIpc) is 2.19. The Bertz CT molecular complexity index is 284. The van der Waals surface area contributed by atoms with E-state index in [1.807, 2.05) is 17.7 Å². The fourth-order valence-electron chi connectivity index (χ4n) is 1.06. The van der Waals surface area contributed by atoms with Crippen molar-refractivity contribution in [3.8, 4) is 0 Å². The van der Waals surface area contributed by atoms with E-state index >= 15 is 0 Å². The molecule has 0 aliphatic carbocycles. The van der Waals surface area contributed by atoms with E-state index in [4.69, 9.17) is 0 Å². The first-order valence-corrected chi connectivity index (χ1v) is 3.74. The van der Waals surface area contributed by atoms with Crippen molar-refractivity contribution in [2.45, 2.75) is 27.7 Å². The molecule has 0 saturated carbocycles. The van der Waals surface area contributed by atoms with Crippen LogP contribution in [0.1, 0.15) is 23.7 Å². The van der Waals surface area contributed by atoms with Gasteiger partial charge in [0.05, 0.1) is 0 Å². The summed E-state index contributed by atoms with van der Waals surface area (Å²) in [4.78, 5) is 0. The predicted molar refractivity (Wildman–Crippen MR) is 47.2 cm³/mol. The number of aromatic nitrogens is 1. The summed E-state index contributed by atoms with van der Waals surface area (Å²) in [5.41, 5.74) is 3.78. The van der Waals surface area contributed by atoms with Gasteiger partial charge in [-0.2, -0.15) is 0 Å². The van der Waals surface area contributed by atoms with Gasteiger partial charge in [-0.3, -0.25) is 6.20 Å². The van der Waals surface area contributed by atoms with Crippen molar-refractivity contribution >= 4 is 6.20 Å². The minimum absolute atomic E-state index is 0. The third-order valence-corrected chi connectivity index (χ3v) is 2.01. The Morgan fingerprint density at radius 1 is 1.33 bits per heavy atom. The van der Waals surface area contributed by atoms with Crippen LogP contribution in [0.15, 0.2) is 0 Å². The van der Waals surface area contributed by atoms with Crippen LogP contribution in [0, 0.1) is 33.0 Å². The van der Waals surface area contributed by atoms with E-state index in [1.165, 1.54) is 16.8 Å². The summed E-state index contributed by atoms with van der Waals surface area (Å²) in [5.74, 6) is 0. The van der Waals surface area contributed by atoms with Crippen LogP contribution in [-0.2, 0) is 32.7 Å². The standard InChI is InChI=1S/C10H13N.Y/c1-5-6-11-7-8(2)9(3)10(11)4;/h6H,1-4H3;/q-2;. The fourth-order valence-corrected chi connectivity index (χ4v) is 1.06. The number of aryl methyl sites for hydroxylation is 1. The van der Waals surface area contributed by atoms with E-state index in [1.54, 1.807) is 0 Å². The Hall–Kier alpha value is 0.124. The molecule has 1 aromatic rings. The van der Waals surface area contributed by atoms with E-state index in [-0.39, 0.29) is 32.7 Å². The van der Waals surface area contributed by atoms with Gasteiger partial charge in [-0.25, -0.2) is 6.92 Å². The van der Waals surface area contributed by atoms with Crippen LogP contribution < -0.4 is 0 Å². The first-order valence-electron chi connectivity index (χ1n) is 3.74. The van der Waals surface area contributed by atoms with Crippen LogP contribution in [0.25, 0.3) is 6.20 Å². The normalized spacial score (nSPS) is 10.3. The van der Waals surface area contributed by atoms with Gasteiger partial charge in [0, 0.05) is 32.7 Å². The maximum atomic E-state index is 3.21. The van der Waals surface area contributed by atoms with Gasteiger partial charge in [-0.15, -0.1) is 16.8 Å². The molecule has 0 amide bonds. The molecule has 2 heteroatoms. The summed E-state index contributed by atoms with van der Waals surface area (Å²) < 4.78 is 1.98. The van der Waals surface area contributed by atoms with Crippen molar-refractivity contribution in [2.75, 3.05) is 0 Å². The minimum atomic E-state index is 0. The van der Waals surface area contributed by atoms with Gasteiger partial charge < -0.3 is 10.6 Å². The quantitative estimate of drug-likeness (QED) is 0.660. The Morgan fingerprint density at radius 3 is 2.25 bits per heavy atom. The molecular weight excluding hydrogens is 223 g/mol. The molecule has 63 valence electrons. The summed E-state index contributed by atoms with van der Waals surface area (Å²) in [6.07, 6.45) is 8.08. The van der Waals surface area contributed by atoms with Crippen molar-refractivity contribution in [1.29, 1.82) is 0 Å². The summed E-state index contributed by atoms with van der Waals surface area (Å²) in [6.45, 7) is 8.16. The van der Waals surface area contributed by atoms with E-state index in [9.17, 15) is 0 Å². The molecule has 1 rings (SSSR count). The van der Waals surface area contributed by atoms with Crippen molar-refractivity contribution in [2.24, 2.45) is 0 Å². The van der Waals surface area contributed by atoms with Gasteiger partial charge in [0.2, 0.25) is 0 Å². The molecule has 0 aliphatic rings. The van der Waals surface area contributed by atoms with Crippen molar-refractivity contribution in [1.82, 2.24) is 4.57 Å². The van der Waals surface area contributed by atoms with Gasteiger partial charge in [0.25, 0.3) is 0 Å². The average molecular weight is 236 g/mol. The SMILES string of the molecule is C[C-]=Cn1[c-]c(C)c(C)c1C.[Y]. The van der Waals surface area contributed by atoms with Crippen LogP contribution in [0.3, 0.4) is 0 Å². The summed E-state index contributed by atoms with van der Waals surface area (Å²) in [7, 11) is 0. The topological polar surface area (TPSA) is 4.93 Å². The second kappa shape index (κ2) is 4.98. The number of hydrogen-bond acceptors (Lipinski definition) is 0. The molecule has 0 N–H and O–H groups in total. The number of nitrogens with zero attached hydrogens (tertiary/aromatic N) is 1. The zero-order valence-corrected chi connectivity index (χ0v) is 10.9. The molecule has 0 bridgehead atoms. The van der Waals surface area contributed by atoms with E-state index in [2.05, 4.69) is 33.0 Å². The Morgan fingerprint density at radius 2 is 1.92 bits per heavy atom. The molecule has 1 aromatic heterocycles. The fraction of sp³-hybridized carbons (Fsp3) is 0.400. The van der Waals surface area contributed by atoms with Crippen molar-refractivity contribution < 1.29 is 32.7 Å². The Kier molecular flexibility index (Phi) is 5.04. The van der Waals surface area contributed by atoms with Crippen molar-refractivity contribution in [3.63, 3.8) is 0 Å². The zero-order valence-electron chi connectivity index (χ0n) is 8.10. The number of allylic oxidation sites excluding steroid dienone is 1. The number of hydrogen-bond donors (Lipinski definition) is 0. The Balaban J connectivity index is 0.00000121. The van der Waals surface area contributed by atoms with Crippen LogP contribution in [0.4, 0.5) is 0 Å². The van der Waals surface area contributed by atoms with E-state index in [0.717, 1.165) is 0 Å². The van der Waals surface area contributed by atoms with Gasteiger partial charge in [0.15, 0.2) is 0 Å². The summed E-state index contributed by atoms with van der Waals surface area (Å²) in [5, 5.41) is 0. The second-order valence-electron chi connectivity index (χ2n) is 2.73. The third-order valence-electron chi connectivity index (χ3n) is 2.01. The second-order valence-corrected chi connectivity index (χ2v) is 2.73. The summed E-state index contributed by atoms with van der Waals surface area (Å²) in [6, 6.07) is 0. The van der Waals surface area contributed by atoms with Crippen LogP contribution in [0.5, 0.6) is 0 Å². The molecule has 0 aliphatic heterocycles.